The number of rotatable bonds is 5. The van der Waals surface area contributed by atoms with Gasteiger partial charge in [0, 0.05) is 28.4 Å². The summed E-state index contributed by atoms with van der Waals surface area (Å²) >= 11 is 6.15. The highest BCUT2D eigenvalue weighted by Gasteiger charge is 2.51. The minimum Gasteiger partial charge on any atom is -0.446 e. The van der Waals surface area contributed by atoms with Crippen LogP contribution in [0, 0.1) is 0 Å². The molecule has 2 fully saturated rings. The van der Waals surface area contributed by atoms with Gasteiger partial charge in [0.05, 0.1) is 0 Å². The quantitative estimate of drug-likeness (QED) is 0.261. The van der Waals surface area contributed by atoms with Crippen molar-refractivity contribution < 1.29 is 23.9 Å². The van der Waals surface area contributed by atoms with Gasteiger partial charge < -0.3 is 14.4 Å². The van der Waals surface area contributed by atoms with Gasteiger partial charge in [-0.15, -0.1) is 0 Å². The van der Waals surface area contributed by atoms with Gasteiger partial charge in [0.25, 0.3) is 0 Å². The number of likely N-dealkylation sites (tertiary alicyclic amines) is 1. The van der Waals surface area contributed by atoms with Gasteiger partial charge in [-0.25, -0.2) is 14.5 Å². The summed E-state index contributed by atoms with van der Waals surface area (Å²) < 4.78 is 10.8. The fourth-order valence-electron chi connectivity index (χ4n) is 5.08. The van der Waals surface area contributed by atoms with Crippen LogP contribution in [-0.2, 0) is 19.7 Å². The smallest absolute Gasteiger partial charge is 0.417 e. The highest BCUT2D eigenvalue weighted by molar-refractivity contribution is 6.30. The molecule has 11 heteroatoms. The van der Waals surface area contributed by atoms with E-state index in [0.29, 0.717) is 17.9 Å². The SMILES string of the molecule is CC(C)(C)OC(=O)N1CCC(c2ccc(Cl)cc2)([C@H](N=[N+]=[N-])C(=O)N2C(=O)OCC2c2ccccc2)CC1. The van der Waals surface area contributed by atoms with Crippen LogP contribution in [0.15, 0.2) is 59.7 Å². The summed E-state index contributed by atoms with van der Waals surface area (Å²) in [5.41, 5.74) is 9.34. The monoisotopic (exact) mass is 539 g/mol. The molecule has 0 aliphatic carbocycles. The van der Waals surface area contributed by atoms with E-state index < -0.39 is 41.2 Å². The van der Waals surface area contributed by atoms with Crippen molar-refractivity contribution in [3.8, 4) is 0 Å². The van der Waals surface area contributed by atoms with E-state index in [1.165, 1.54) is 0 Å². The summed E-state index contributed by atoms with van der Waals surface area (Å²) in [6.07, 6.45) is -0.662. The van der Waals surface area contributed by atoms with E-state index in [1.807, 2.05) is 30.3 Å². The van der Waals surface area contributed by atoms with E-state index in [0.717, 1.165) is 16.0 Å². The Morgan fingerprint density at radius 2 is 1.76 bits per heavy atom. The summed E-state index contributed by atoms with van der Waals surface area (Å²) in [4.78, 5) is 45.3. The minimum atomic E-state index is -1.27. The third-order valence-electron chi connectivity index (χ3n) is 6.95. The molecule has 2 aromatic carbocycles. The van der Waals surface area contributed by atoms with Crippen molar-refractivity contribution in [2.45, 2.75) is 56.7 Å². The Labute approximate surface area is 226 Å². The Balaban J connectivity index is 1.71. The van der Waals surface area contributed by atoms with Crippen LogP contribution < -0.4 is 0 Å². The number of hydrogen-bond donors (Lipinski definition) is 0. The van der Waals surface area contributed by atoms with Crippen molar-refractivity contribution in [2.75, 3.05) is 19.7 Å². The first-order valence-corrected chi connectivity index (χ1v) is 12.8. The predicted octanol–water partition coefficient (Wildman–Crippen LogP) is 6.01. The Morgan fingerprint density at radius 1 is 1.13 bits per heavy atom. The average Bonchev–Trinajstić information content (AvgIpc) is 3.28. The number of nitrogens with zero attached hydrogens (tertiary/aromatic N) is 5. The first-order chi connectivity index (χ1) is 18.1. The van der Waals surface area contributed by atoms with Crippen LogP contribution in [0.4, 0.5) is 9.59 Å². The molecular formula is C27H30ClN5O5. The number of imide groups is 1. The molecule has 0 N–H and O–H groups in total. The van der Waals surface area contributed by atoms with Crippen LogP contribution in [-0.4, -0.2) is 59.2 Å². The lowest BCUT2D eigenvalue weighted by Crippen LogP contribution is -2.56. The molecule has 2 aliphatic rings. The van der Waals surface area contributed by atoms with Crippen molar-refractivity contribution in [1.82, 2.24) is 9.80 Å². The molecule has 0 radical (unpaired) electrons. The highest BCUT2D eigenvalue weighted by atomic mass is 35.5. The fourth-order valence-corrected chi connectivity index (χ4v) is 5.21. The van der Waals surface area contributed by atoms with E-state index in [-0.39, 0.29) is 19.7 Å². The summed E-state index contributed by atoms with van der Waals surface area (Å²) in [5.74, 6) is -0.653. The lowest BCUT2D eigenvalue weighted by molar-refractivity contribution is -0.133. The van der Waals surface area contributed by atoms with E-state index >= 15 is 0 Å². The molecule has 0 aromatic heterocycles. The number of amides is 3. The second-order valence-corrected chi connectivity index (χ2v) is 10.9. The van der Waals surface area contributed by atoms with E-state index in [2.05, 4.69) is 10.0 Å². The standard InChI is InChI=1S/C27H30ClN5O5/c1-26(2,3)38-24(35)32-15-13-27(14-16-32,19-9-11-20(28)12-10-19)22(30-31-29)23(34)33-21(17-37-25(33)36)18-7-5-4-6-8-18/h4-12,21-22H,13-17H2,1-3H3/t21?,22-/m1/s1. The average molecular weight is 540 g/mol. The van der Waals surface area contributed by atoms with Gasteiger partial charge in [0.1, 0.15) is 24.3 Å². The lowest BCUT2D eigenvalue weighted by Gasteiger charge is -2.45. The van der Waals surface area contributed by atoms with Gasteiger partial charge >= 0.3 is 12.2 Å². The third kappa shape index (κ3) is 5.56. The molecule has 2 aromatic rings. The summed E-state index contributed by atoms with van der Waals surface area (Å²) in [6, 6.07) is 14.1. The Hall–Kier alpha value is -3.75. The first kappa shape index (κ1) is 27.3. The molecule has 2 heterocycles. The summed E-state index contributed by atoms with van der Waals surface area (Å²) in [7, 11) is 0. The Kier molecular flexibility index (Phi) is 7.85. The van der Waals surface area contributed by atoms with Crippen molar-refractivity contribution in [1.29, 1.82) is 0 Å². The second-order valence-electron chi connectivity index (χ2n) is 10.4. The topological polar surface area (TPSA) is 125 Å². The molecule has 4 rings (SSSR count). The number of halogens is 1. The molecule has 10 nitrogen and oxygen atoms in total. The number of ether oxygens (including phenoxy) is 2. The number of hydrogen-bond acceptors (Lipinski definition) is 6. The van der Waals surface area contributed by atoms with Crippen molar-refractivity contribution in [2.24, 2.45) is 5.11 Å². The van der Waals surface area contributed by atoms with Crippen molar-refractivity contribution in [3.05, 3.63) is 81.2 Å². The van der Waals surface area contributed by atoms with Gasteiger partial charge in [-0.2, -0.15) is 0 Å². The van der Waals surface area contributed by atoms with Gasteiger partial charge in [-0.1, -0.05) is 59.2 Å². The molecule has 2 atom stereocenters. The van der Waals surface area contributed by atoms with Gasteiger partial charge in [-0.05, 0) is 62.4 Å². The molecule has 3 amide bonds. The van der Waals surface area contributed by atoms with Crippen molar-refractivity contribution >= 4 is 29.7 Å². The van der Waals surface area contributed by atoms with Gasteiger partial charge in [0.2, 0.25) is 5.91 Å². The third-order valence-corrected chi connectivity index (χ3v) is 7.20. The largest absolute Gasteiger partial charge is 0.446 e. The van der Waals surface area contributed by atoms with E-state index in [1.54, 1.807) is 49.9 Å². The number of benzene rings is 2. The molecule has 2 aliphatic heterocycles. The van der Waals surface area contributed by atoms with Crippen LogP contribution in [0.1, 0.15) is 50.8 Å². The summed E-state index contributed by atoms with van der Waals surface area (Å²) in [6.45, 7) is 5.89. The molecule has 0 spiro atoms. The Bertz CT molecular complexity index is 1230. The number of azide groups is 1. The molecular weight excluding hydrogens is 510 g/mol. The molecule has 1 unspecified atom stereocenters. The first-order valence-electron chi connectivity index (χ1n) is 12.4. The van der Waals surface area contributed by atoms with Crippen LogP contribution in [0.2, 0.25) is 5.02 Å². The number of cyclic esters (lactones) is 1. The van der Waals surface area contributed by atoms with Crippen LogP contribution in [0.3, 0.4) is 0 Å². The highest BCUT2D eigenvalue weighted by Crippen LogP contribution is 2.43. The maximum absolute atomic E-state index is 14.1. The Morgan fingerprint density at radius 3 is 2.34 bits per heavy atom. The second kappa shape index (κ2) is 10.9. The van der Waals surface area contributed by atoms with Crippen LogP contribution >= 0.6 is 11.6 Å². The molecule has 2 saturated heterocycles. The van der Waals surface area contributed by atoms with Crippen LogP contribution in [0.5, 0.6) is 0 Å². The molecule has 0 saturated carbocycles. The zero-order chi connectivity index (χ0) is 27.5. The van der Waals surface area contributed by atoms with Gasteiger partial charge in [-0.3, -0.25) is 4.79 Å². The van der Waals surface area contributed by atoms with E-state index in [4.69, 9.17) is 21.1 Å². The zero-order valence-electron chi connectivity index (χ0n) is 21.5. The molecule has 0 bridgehead atoms. The number of carbonyl (C=O) groups is 3. The molecule has 38 heavy (non-hydrogen) atoms. The predicted molar refractivity (Wildman–Crippen MR) is 140 cm³/mol. The normalized spacial score (nSPS) is 19.8. The maximum atomic E-state index is 14.1. The molecule has 200 valence electrons. The van der Waals surface area contributed by atoms with Crippen molar-refractivity contribution in [3.63, 3.8) is 0 Å². The minimum absolute atomic E-state index is 0.00204. The maximum Gasteiger partial charge on any atom is 0.417 e. The lowest BCUT2D eigenvalue weighted by atomic mass is 9.67. The zero-order valence-corrected chi connectivity index (χ0v) is 22.3. The summed E-state index contributed by atoms with van der Waals surface area (Å²) in [5, 5.41) is 4.48. The number of carbonyl (C=O) groups excluding carboxylic acids is 3. The van der Waals surface area contributed by atoms with Crippen LogP contribution in [0.25, 0.3) is 10.4 Å². The fraction of sp³-hybridized carbons (Fsp3) is 0.444. The van der Waals surface area contributed by atoms with Gasteiger partial charge in [0.15, 0.2) is 0 Å². The van der Waals surface area contributed by atoms with E-state index in [9.17, 15) is 19.9 Å². The number of piperidine rings is 1.